The molecule has 1 aromatic carbocycles. The second-order valence-electron chi connectivity index (χ2n) is 5.98. The van der Waals surface area contributed by atoms with E-state index in [0.29, 0.717) is 20.8 Å². The molecular formula is C18H20Cl2N2O2S. The molecule has 0 unspecified atom stereocenters. The number of methoxy groups -OCH3 is 1. The maximum atomic E-state index is 12.4. The minimum absolute atomic E-state index is 0.130. The number of nitrogens with one attached hydrogen (secondary N) is 1. The Balaban J connectivity index is 1.73. The number of amides is 1. The quantitative estimate of drug-likeness (QED) is 0.770. The third-order valence-corrected chi connectivity index (χ3v) is 5.93. The van der Waals surface area contributed by atoms with Crippen LogP contribution in [0, 0.1) is 0 Å². The fraction of sp³-hybridized carbons (Fsp3) is 0.389. The summed E-state index contributed by atoms with van der Waals surface area (Å²) in [6, 6.07) is 9.77. The smallest absolute Gasteiger partial charge is 0.253 e. The molecule has 1 saturated heterocycles. The zero-order valence-corrected chi connectivity index (χ0v) is 16.3. The third kappa shape index (κ3) is 4.47. The van der Waals surface area contributed by atoms with E-state index in [1.54, 1.807) is 13.2 Å². The summed E-state index contributed by atoms with van der Waals surface area (Å²) in [5.41, 5.74) is 1.60. The van der Waals surface area contributed by atoms with Crippen molar-refractivity contribution < 1.29 is 9.53 Å². The van der Waals surface area contributed by atoms with Crippen LogP contribution in [0.3, 0.4) is 0 Å². The van der Waals surface area contributed by atoms with Crippen LogP contribution in [-0.2, 0) is 0 Å². The molecule has 134 valence electrons. The van der Waals surface area contributed by atoms with Crippen LogP contribution in [0.25, 0.3) is 0 Å². The zero-order chi connectivity index (χ0) is 17.8. The van der Waals surface area contributed by atoms with Gasteiger partial charge in [-0.05, 0) is 49.7 Å². The lowest BCUT2D eigenvalue weighted by Gasteiger charge is -2.28. The van der Waals surface area contributed by atoms with Crippen molar-refractivity contribution in [1.29, 1.82) is 0 Å². The number of rotatable bonds is 6. The van der Waals surface area contributed by atoms with Gasteiger partial charge in [-0.1, -0.05) is 35.3 Å². The fourth-order valence-corrected chi connectivity index (χ4v) is 4.58. The summed E-state index contributed by atoms with van der Waals surface area (Å²) < 4.78 is 6.17. The molecule has 7 heteroatoms. The van der Waals surface area contributed by atoms with E-state index in [1.807, 2.05) is 12.1 Å². The number of carbonyl (C=O) groups excluding carboxylic acids is 1. The lowest BCUT2D eigenvalue weighted by atomic mass is 10.0. The molecule has 0 radical (unpaired) electrons. The molecule has 1 fully saturated rings. The Morgan fingerprint density at radius 3 is 2.52 bits per heavy atom. The van der Waals surface area contributed by atoms with Crippen molar-refractivity contribution in [3.05, 3.63) is 50.1 Å². The molecule has 3 rings (SSSR count). The molecule has 0 saturated carbocycles. The Kier molecular flexibility index (Phi) is 6.23. The summed E-state index contributed by atoms with van der Waals surface area (Å²) in [6.07, 6.45) is 2.37. The molecule has 0 bridgehead atoms. The van der Waals surface area contributed by atoms with E-state index in [4.69, 9.17) is 27.9 Å². The molecule has 0 spiro atoms. The van der Waals surface area contributed by atoms with Gasteiger partial charge in [-0.15, -0.1) is 11.3 Å². The number of nitrogens with zero attached hydrogens (tertiary/aromatic N) is 1. The van der Waals surface area contributed by atoms with Crippen LogP contribution >= 0.6 is 34.5 Å². The van der Waals surface area contributed by atoms with Crippen molar-refractivity contribution in [1.82, 2.24) is 10.2 Å². The lowest BCUT2D eigenvalue weighted by molar-refractivity contribution is 0.0938. The molecule has 1 amide bonds. The van der Waals surface area contributed by atoms with Gasteiger partial charge in [0.1, 0.15) is 10.1 Å². The SMILES string of the molecule is COc1ccc([C@@H](CNC(=O)c2cc(Cl)sc2Cl)N2CCCC2)cc1. The van der Waals surface area contributed by atoms with Gasteiger partial charge in [0.05, 0.1) is 23.1 Å². The van der Waals surface area contributed by atoms with Crippen molar-refractivity contribution in [3.63, 3.8) is 0 Å². The average Bonchev–Trinajstić information content (AvgIpc) is 3.25. The molecule has 1 atom stereocenters. The highest BCUT2D eigenvalue weighted by atomic mass is 35.5. The standard InChI is InChI=1S/C18H20Cl2N2O2S/c1-24-13-6-4-12(5-7-13)15(22-8-2-3-9-22)11-21-18(23)14-10-16(19)25-17(14)20/h4-7,10,15H,2-3,8-9,11H2,1H3,(H,21,23)/t15-/m1/s1. The van der Waals surface area contributed by atoms with Crippen LogP contribution in [0.15, 0.2) is 30.3 Å². The first kappa shape index (κ1) is 18.5. The first-order chi connectivity index (χ1) is 12.1. The zero-order valence-electron chi connectivity index (χ0n) is 13.9. The van der Waals surface area contributed by atoms with E-state index in [1.165, 1.54) is 24.2 Å². The van der Waals surface area contributed by atoms with Crippen molar-refractivity contribution >= 4 is 40.4 Å². The fourth-order valence-electron chi connectivity index (χ4n) is 3.12. The van der Waals surface area contributed by atoms with Crippen LogP contribution < -0.4 is 10.1 Å². The molecule has 2 heterocycles. The molecule has 2 aromatic rings. The highest BCUT2D eigenvalue weighted by molar-refractivity contribution is 7.20. The van der Waals surface area contributed by atoms with Gasteiger partial charge in [-0.3, -0.25) is 9.69 Å². The maximum Gasteiger partial charge on any atom is 0.253 e. The highest BCUT2D eigenvalue weighted by Gasteiger charge is 2.25. The maximum absolute atomic E-state index is 12.4. The minimum atomic E-state index is -0.189. The number of benzene rings is 1. The molecule has 0 aliphatic carbocycles. The number of thiophene rings is 1. The summed E-state index contributed by atoms with van der Waals surface area (Å²) in [5, 5.41) is 3.01. The predicted molar refractivity (Wildman–Crippen MR) is 103 cm³/mol. The largest absolute Gasteiger partial charge is 0.497 e. The Hall–Kier alpha value is -1.27. The van der Waals surface area contributed by atoms with Crippen LogP contribution in [0.4, 0.5) is 0 Å². The Bertz CT molecular complexity index is 727. The Labute approximate surface area is 161 Å². The summed E-state index contributed by atoms with van der Waals surface area (Å²) in [6.45, 7) is 2.60. The van der Waals surface area contributed by atoms with Crippen LogP contribution in [-0.4, -0.2) is 37.6 Å². The summed E-state index contributed by atoms with van der Waals surface area (Å²) >= 11 is 13.2. The summed E-state index contributed by atoms with van der Waals surface area (Å²) in [7, 11) is 1.66. The summed E-state index contributed by atoms with van der Waals surface area (Å²) in [5.74, 6) is 0.638. The van der Waals surface area contributed by atoms with E-state index in [9.17, 15) is 4.79 Å². The first-order valence-corrected chi connectivity index (χ1v) is 9.76. The van der Waals surface area contributed by atoms with Crippen molar-refractivity contribution in [2.24, 2.45) is 0 Å². The molecular weight excluding hydrogens is 379 g/mol. The van der Waals surface area contributed by atoms with Gasteiger partial charge in [-0.2, -0.15) is 0 Å². The number of halogens is 2. The van der Waals surface area contributed by atoms with Gasteiger partial charge in [0.25, 0.3) is 5.91 Å². The highest BCUT2D eigenvalue weighted by Crippen LogP contribution is 2.31. The third-order valence-electron chi connectivity index (χ3n) is 4.44. The second kappa shape index (κ2) is 8.41. The van der Waals surface area contributed by atoms with Gasteiger partial charge in [-0.25, -0.2) is 0 Å². The average molecular weight is 399 g/mol. The van der Waals surface area contributed by atoms with E-state index in [-0.39, 0.29) is 11.9 Å². The van der Waals surface area contributed by atoms with E-state index >= 15 is 0 Å². The first-order valence-electron chi connectivity index (χ1n) is 8.19. The molecule has 1 N–H and O–H groups in total. The van der Waals surface area contributed by atoms with Gasteiger partial charge < -0.3 is 10.1 Å². The topological polar surface area (TPSA) is 41.6 Å². The van der Waals surface area contributed by atoms with Gasteiger partial charge in [0.2, 0.25) is 0 Å². The number of hydrogen-bond donors (Lipinski definition) is 1. The number of likely N-dealkylation sites (tertiary alicyclic amines) is 1. The van der Waals surface area contributed by atoms with Crippen LogP contribution in [0.2, 0.25) is 8.67 Å². The monoisotopic (exact) mass is 398 g/mol. The Morgan fingerprint density at radius 1 is 1.28 bits per heavy atom. The van der Waals surface area contributed by atoms with E-state index in [0.717, 1.165) is 24.4 Å². The molecule has 4 nitrogen and oxygen atoms in total. The predicted octanol–water partition coefficient (Wildman–Crippen LogP) is 4.63. The van der Waals surface area contributed by atoms with Gasteiger partial charge >= 0.3 is 0 Å². The molecule has 1 aliphatic rings. The summed E-state index contributed by atoms with van der Waals surface area (Å²) in [4.78, 5) is 14.9. The van der Waals surface area contributed by atoms with Crippen molar-refractivity contribution in [2.75, 3.05) is 26.7 Å². The minimum Gasteiger partial charge on any atom is -0.497 e. The number of carbonyl (C=O) groups is 1. The molecule has 1 aliphatic heterocycles. The normalized spacial score (nSPS) is 16.0. The number of ether oxygens (including phenoxy) is 1. The second-order valence-corrected chi connectivity index (χ2v) is 8.27. The van der Waals surface area contributed by atoms with E-state index < -0.39 is 0 Å². The van der Waals surface area contributed by atoms with Crippen molar-refractivity contribution in [3.8, 4) is 5.75 Å². The molecule has 1 aromatic heterocycles. The van der Waals surface area contributed by atoms with Crippen molar-refractivity contribution in [2.45, 2.75) is 18.9 Å². The lowest BCUT2D eigenvalue weighted by Crippen LogP contribution is -2.36. The van der Waals surface area contributed by atoms with Crippen LogP contribution in [0.5, 0.6) is 5.75 Å². The number of hydrogen-bond acceptors (Lipinski definition) is 4. The van der Waals surface area contributed by atoms with Gasteiger partial charge in [0, 0.05) is 6.54 Å². The van der Waals surface area contributed by atoms with Gasteiger partial charge in [0.15, 0.2) is 0 Å². The molecule has 25 heavy (non-hydrogen) atoms. The van der Waals surface area contributed by atoms with E-state index in [2.05, 4.69) is 22.3 Å². The Morgan fingerprint density at radius 2 is 1.96 bits per heavy atom. The van der Waals surface area contributed by atoms with Crippen LogP contribution in [0.1, 0.15) is 34.8 Å².